The minimum absolute atomic E-state index is 0.0484. The molecule has 8 heteroatoms. The summed E-state index contributed by atoms with van der Waals surface area (Å²) in [4.78, 5) is 26.1. The maximum Gasteiger partial charge on any atom is 0.252 e. The Bertz CT molecular complexity index is 609. The first-order valence-corrected chi connectivity index (χ1v) is 9.24. The molecule has 144 valence electrons. The first kappa shape index (κ1) is 20.6. The predicted octanol–water partition coefficient (Wildman–Crippen LogP) is 1.83. The van der Waals surface area contributed by atoms with Crippen LogP contribution in [-0.4, -0.2) is 62.7 Å². The Labute approximate surface area is 158 Å². The van der Waals surface area contributed by atoms with Crippen molar-refractivity contribution in [3.05, 3.63) is 34.6 Å². The van der Waals surface area contributed by atoms with E-state index in [4.69, 9.17) is 16.3 Å². The van der Waals surface area contributed by atoms with Crippen LogP contribution in [0.25, 0.3) is 0 Å². The van der Waals surface area contributed by atoms with Gasteiger partial charge in [0.25, 0.3) is 5.91 Å². The van der Waals surface area contributed by atoms with Gasteiger partial charge in [-0.1, -0.05) is 11.6 Å². The zero-order chi connectivity index (χ0) is 18.8. The summed E-state index contributed by atoms with van der Waals surface area (Å²) in [6.07, 6.45) is 2.13. The number of unbranched alkanes of at least 4 members (excludes halogenated alkanes) is 1. The Morgan fingerprint density at radius 3 is 2.65 bits per heavy atom. The van der Waals surface area contributed by atoms with Crippen LogP contribution in [0, 0.1) is 5.82 Å². The summed E-state index contributed by atoms with van der Waals surface area (Å²) in [5.41, 5.74) is 0.191. The number of ether oxygens (including phenoxy) is 1. The maximum absolute atomic E-state index is 13.0. The number of halogens is 2. The molecule has 1 heterocycles. The van der Waals surface area contributed by atoms with Crippen molar-refractivity contribution in [2.75, 3.05) is 45.9 Å². The number of carbonyl (C=O) groups excluding carboxylic acids is 2. The lowest BCUT2D eigenvalue weighted by Crippen LogP contribution is -2.37. The second-order valence-electron chi connectivity index (χ2n) is 6.14. The van der Waals surface area contributed by atoms with Crippen LogP contribution in [0.4, 0.5) is 4.39 Å². The number of rotatable bonds is 9. The van der Waals surface area contributed by atoms with Crippen molar-refractivity contribution in [2.45, 2.75) is 19.3 Å². The van der Waals surface area contributed by atoms with E-state index in [1.807, 2.05) is 0 Å². The van der Waals surface area contributed by atoms with Crippen LogP contribution in [0.3, 0.4) is 0 Å². The Morgan fingerprint density at radius 2 is 1.92 bits per heavy atom. The Morgan fingerprint density at radius 1 is 1.15 bits per heavy atom. The van der Waals surface area contributed by atoms with E-state index in [9.17, 15) is 14.0 Å². The number of morpholine rings is 1. The number of benzene rings is 1. The average molecular weight is 386 g/mol. The van der Waals surface area contributed by atoms with Crippen molar-refractivity contribution in [1.29, 1.82) is 0 Å². The SMILES string of the molecule is O=C(CCNC(=O)c1ccc(F)cc1Cl)NCCCCN1CCOCC1. The van der Waals surface area contributed by atoms with Crippen LogP contribution in [-0.2, 0) is 9.53 Å². The largest absolute Gasteiger partial charge is 0.379 e. The molecule has 2 rings (SSSR count). The monoisotopic (exact) mass is 385 g/mol. The van der Waals surface area contributed by atoms with Crippen LogP contribution in [0.2, 0.25) is 5.02 Å². The van der Waals surface area contributed by atoms with E-state index in [1.54, 1.807) is 0 Å². The van der Waals surface area contributed by atoms with E-state index in [0.29, 0.717) is 6.54 Å². The van der Waals surface area contributed by atoms with Gasteiger partial charge in [0.2, 0.25) is 5.91 Å². The average Bonchev–Trinajstić information content (AvgIpc) is 2.62. The van der Waals surface area contributed by atoms with E-state index in [2.05, 4.69) is 15.5 Å². The number of nitrogens with zero attached hydrogens (tertiary/aromatic N) is 1. The van der Waals surface area contributed by atoms with Gasteiger partial charge >= 0.3 is 0 Å². The lowest BCUT2D eigenvalue weighted by Gasteiger charge is -2.26. The molecule has 1 aliphatic rings. The molecular weight excluding hydrogens is 361 g/mol. The molecule has 1 fully saturated rings. The van der Waals surface area contributed by atoms with Crippen LogP contribution in [0.5, 0.6) is 0 Å². The summed E-state index contributed by atoms with van der Waals surface area (Å²) in [5.74, 6) is -1.03. The second kappa shape index (κ2) is 11.1. The fourth-order valence-corrected chi connectivity index (χ4v) is 2.91. The highest BCUT2D eigenvalue weighted by atomic mass is 35.5. The van der Waals surface area contributed by atoms with E-state index in [1.165, 1.54) is 12.1 Å². The summed E-state index contributed by atoms with van der Waals surface area (Å²) >= 11 is 5.83. The van der Waals surface area contributed by atoms with E-state index < -0.39 is 11.7 Å². The molecule has 0 aromatic heterocycles. The van der Waals surface area contributed by atoms with Crippen LogP contribution in [0.15, 0.2) is 18.2 Å². The molecule has 2 N–H and O–H groups in total. The molecule has 0 bridgehead atoms. The second-order valence-corrected chi connectivity index (χ2v) is 6.55. The van der Waals surface area contributed by atoms with Gasteiger partial charge < -0.3 is 15.4 Å². The number of hydrogen-bond donors (Lipinski definition) is 2. The quantitative estimate of drug-likeness (QED) is 0.636. The lowest BCUT2D eigenvalue weighted by atomic mass is 10.2. The summed E-state index contributed by atoms with van der Waals surface area (Å²) in [5, 5.41) is 5.50. The molecule has 0 spiro atoms. The van der Waals surface area contributed by atoms with Gasteiger partial charge in [0.1, 0.15) is 5.82 Å². The van der Waals surface area contributed by atoms with E-state index in [-0.39, 0.29) is 29.5 Å². The fraction of sp³-hybridized carbons (Fsp3) is 0.556. The molecule has 0 saturated carbocycles. The molecule has 6 nitrogen and oxygen atoms in total. The van der Waals surface area contributed by atoms with Crippen molar-refractivity contribution in [1.82, 2.24) is 15.5 Å². The van der Waals surface area contributed by atoms with Gasteiger partial charge in [-0.25, -0.2) is 4.39 Å². The van der Waals surface area contributed by atoms with Gasteiger partial charge in [-0.15, -0.1) is 0 Å². The standard InChI is InChI=1S/C18H25ClFN3O3/c19-16-13-14(20)3-4-15(16)18(25)22-7-5-17(24)21-6-1-2-8-23-9-11-26-12-10-23/h3-4,13H,1-2,5-12H2,(H,21,24)(H,22,25). The number of carbonyl (C=O) groups is 2. The summed E-state index contributed by atoms with van der Waals surface area (Å²) in [6.45, 7) is 5.40. The Balaban J connectivity index is 1.53. The Kier molecular flexibility index (Phi) is 8.80. The highest BCUT2D eigenvalue weighted by Crippen LogP contribution is 2.16. The summed E-state index contributed by atoms with van der Waals surface area (Å²) < 4.78 is 18.3. The molecule has 0 atom stereocenters. The lowest BCUT2D eigenvalue weighted by molar-refractivity contribution is -0.120. The minimum atomic E-state index is -0.500. The van der Waals surface area contributed by atoms with Gasteiger partial charge in [-0.2, -0.15) is 0 Å². The normalized spacial score (nSPS) is 14.8. The molecule has 1 aromatic carbocycles. The molecule has 0 unspecified atom stereocenters. The third kappa shape index (κ3) is 7.27. The zero-order valence-electron chi connectivity index (χ0n) is 14.7. The number of amides is 2. The summed E-state index contributed by atoms with van der Waals surface area (Å²) in [7, 11) is 0. The van der Waals surface area contributed by atoms with Crippen LogP contribution in [0.1, 0.15) is 29.6 Å². The highest BCUT2D eigenvalue weighted by molar-refractivity contribution is 6.33. The number of hydrogen-bond acceptors (Lipinski definition) is 4. The molecule has 1 aliphatic heterocycles. The Hall–Kier alpha value is -1.70. The van der Waals surface area contributed by atoms with Crippen molar-refractivity contribution in [2.24, 2.45) is 0 Å². The minimum Gasteiger partial charge on any atom is -0.379 e. The third-order valence-corrected chi connectivity index (χ3v) is 4.45. The molecule has 1 saturated heterocycles. The first-order chi connectivity index (χ1) is 12.6. The number of nitrogens with one attached hydrogen (secondary N) is 2. The summed E-state index contributed by atoms with van der Waals surface area (Å²) in [6, 6.07) is 3.58. The topological polar surface area (TPSA) is 70.7 Å². The molecular formula is C18H25ClFN3O3. The van der Waals surface area contributed by atoms with E-state index in [0.717, 1.165) is 51.8 Å². The predicted molar refractivity (Wildman–Crippen MR) is 97.9 cm³/mol. The third-order valence-electron chi connectivity index (χ3n) is 4.14. The van der Waals surface area contributed by atoms with Gasteiger partial charge in [-0.3, -0.25) is 14.5 Å². The van der Waals surface area contributed by atoms with Gasteiger partial charge in [-0.05, 0) is 37.6 Å². The first-order valence-electron chi connectivity index (χ1n) is 8.86. The highest BCUT2D eigenvalue weighted by Gasteiger charge is 2.12. The van der Waals surface area contributed by atoms with Crippen molar-refractivity contribution in [3.8, 4) is 0 Å². The van der Waals surface area contributed by atoms with Crippen molar-refractivity contribution >= 4 is 23.4 Å². The fourth-order valence-electron chi connectivity index (χ4n) is 2.66. The van der Waals surface area contributed by atoms with E-state index >= 15 is 0 Å². The van der Waals surface area contributed by atoms with Gasteiger partial charge in [0, 0.05) is 32.6 Å². The zero-order valence-corrected chi connectivity index (χ0v) is 15.5. The molecule has 1 aromatic rings. The molecule has 0 aliphatic carbocycles. The van der Waals surface area contributed by atoms with Gasteiger partial charge in [0.05, 0.1) is 23.8 Å². The molecule has 0 radical (unpaired) electrons. The maximum atomic E-state index is 13.0. The molecule has 26 heavy (non-hydrogen) atoms. The van der Waals surface area contributed by atoms with Crippen molar-refractivity contribution < 1.29 is 18.7 Å². The van der Waals surface area contributed by atoms with Gasteiger partial charge in [0.15, 0.2) is 0 Å². The molecule has 2 amide bonds. The smallest absolute Gasteiger partial charge is 0.252 e. The van der Waals surface area contributed by atoms with Crippen molar-refractivity contribution in [3.63, 3.8) is 0 Å². The van der Waals surface area contributed by atoms with Crippen LogP contribution < -0.4 is 10.6 Å². The van der Waals surface area contributed by atoms with Crippen LogP contribution >= 0.6 is 11.6 Å².